The standard InChI is InChI=1S/C30H43N3O5Si.C22H30N4O2Si/c1-9-24-26-28(31-19-23(32-26)18-25(34)38-29(2,3)4)33(20-35-16-17-39(6,7)8)27(24)21-10-12-22(13-11-21)30(5)36-14-15-37-30;1-6-18-20-22(24-13-19(23)25-20)26(14-28-11-12-29(3,4)5)21(18)17-9-7-16(8-10-17)15(2)27/h10-13,19H,9,14-18,20H2,1-8H3;7-10,13H,6,11-12,14H2,1-5H3,(H2,23,25). The lowest BCUT2D eigenvalue weighted by Crippen LogP contribution is -2.25. The molecule has 1 saturated heterocycles. The summed E-state index contributed by atoms with van der Waals surface area (Å²) in [4.78, 5) is 43.0. The molecule has 0 bridgehead atoms. The molecule has 0 atom stereocenters. The molecule has 0 amide bonds. The molecule has 1 aliphatic rings. The van der Waals surface area contributed by atoms with Crippen LogP contribution in [0.15, 0.2) is 60.9 Å². The number of benzene rings is 2. The first kappa shape index (κ1) is 52.3. The Morgan fingerprint density at radius 2 is 1.21 bits per heavy atom. The maximum absolute atomic E-state index is 12.5. The zero-order valence-corrected chi connectivity index (χ0v) is 44.7. The fourth-order valence-corrected chi connectivity index (χ4v) is 9.63. The number of aryl methyl sites for hydroxylation is 2. The van der Waals surface area contributed by atoms with Gasteiger partial charge in [0.2, 0.25) is 0 Å². The number of hydrogen-bond donors (Lipinski definition) is 1. The van der Waals surface area contributed by atoms with Crippen molar-refractivity contribution in [2.45, 2.75) is 144 Å². The molecule has 0 spiro atoms. The topological polar surface area (TPSA) is 168 Å². The SMILES string of the molecule is CCc1c(-c2ccc(C(C)=O)cc2)n(COCC[Si](C)(C)C)c2ncc(N)nc12.CCc1c(-c2ccc(C3(C)OCCO3)cc2)n(COCC[Si](C)(C)C)c2ncc(CC(=O)OC(C)(C)C)nc12. The van der Waals surface area contributed by atoms with E-state index in [9.17, 15) is 9.59 Å². The molecule has 5 heterocycles. The average Bonchev–Trinajstić information content (AvgIpc) is 3.94. The molecule has 1 fully saturated rings. The molecule has 1 aliphatic heterocycles. The van der Waals surface area contributed by atoms with E-state index in [1.54, 1.807) is 19.3 Å². The van der Waals surface area contributed by atoms with E-state index in [1.165, 1.54) is 0 Å². The Morgan fingerprint density at radius 3 is 1.66 bits per heavy atom. The minimum atomic E-state index is -1.22. The number of aromatic nitrogens is 6. The lowest BCUT2D eigenvalue weighted by molar-refractivity contribution is -0.154. The summed E-state index contributed by atoms with van der Waals surface area (Å²) in [5.41, 5.74) is 17.0. The fourth-order valence-electron chi connectivity index (χ4n) is 8.11. The van der Waals surface area contributed by atoms with Gasteiger partial charge < -0.3 is 29.4 Å². The summed E-state index contributed by atoms with van der Waals surface area (Å²) >= 11 is 0. The molecule has 366 valence electrons. The van der Waals surface area contributed by atoms with Gasteiger partial charge in [0.25, 0.3) is 0 Å². The molecular weight excluding hydrogens is 891 g/mol. The first-order chi connectivity index (χ1) is 32.0. The zero-order valence-electron chi connectivity index (χ0n) is 42.7. The van der Waals surface area contributed by atoms with Crippen LogP contribution in [0.1, 0.15) is 81.2 Å². The normalized spacial score (nSPS) is 14.1. The van der Waals surface area contributed by atoms with Crippen molar-refractivity contribution in [2.24, 2.45) is 0 Å². The molecule has 2 N–H and O–H groups in total. The van der Waals surface area contributed by atoms with Crippen LogP contribution in [0.5, 0.6) is 0 Å². The molecule has 68 heavy (non-hydrogen) atoms. The van der Waals surface area contributed by atoms with Crippen LogP contribution in [-0.2, 0) is 67.0 Å². The van der Waals surface area contributed by atoms with E-state index in [-0.39, 0.29) is 18.2 Å². The monoisotopic (exact) mass is 964 g/mol. The number of nitrogen functional groups attached to an aromatic ring is 1. The van der Waals surface area contributed by atoms with Gasteiger partial charge in [-0.3, -0.25) is 18.7 Å². The second kappa shape index (κ2) is 21.7. The van der Waals surface area contributed by atoms with Crippen molar-refractivity contribution in [3.8, 4) is 22.5 Å². The summed E-state index contributed by atoms with van der Waals surface area (Å²) in [6.45, 7) is 30.8. The van der Waals surface area contributed by atoms with Gasteiger partial charge >= 0.3 is 5.97 Å². The van der Waals surface area contributed by atoms with Crippen LogP contribution < -0.4 is 5.73 Å². The minimum absolute atomic E-state index is 0.0543. The van der Waals surface area contributed by atoms with Crippen LogP contribution in [-0.4, -0.2) is 89.0 Å². The predicted molar refractivity (Wildman–Crippen MR) is 276 cm³/mol. The van der Waals surface area contributed by atoms with Crippen molar-refractivity contribution in [1.82, 2.24) is 29.1 Å². The third-order valence-corrected chi connectivity index (χ3v) is 15.1. The number of esters is 1. The number of nitrogens with zero attached hydrogens (tertiary/aromatic N) is 6. The molecule has 0 radical (unpaired) electrons. The van der Waals surface area contributed by atoms with Crippen LogP contribution in [0.2, 0.25) is 51.4 Å². The summed E-state index contributed by atoms with van der Waals surface area (Å²) in [5.74, 6) is -0.580. The number of hydrogen-bond acceptors (Lipinski definition) is 12. The maximum Gasteiger partial charge on any atom is 0.312 e. The maximum atomic E-state index is 12.5. The number of nitrogens with two attached hydrogens (primary N) is 1. The third-order valence-electron chi connectivity index (χ3n) is 11.7. The van der Waals surface area contributed by atoms with E-state index in [2.05, 4.69) is 96.5 Å². The van der Waals surface area contributed by atoms with E-state index < -0.39 is 27.5 Å². The van der Waals surface area contributed by atoms with Gasteiger partial charge in [-0.15, -0.1) is 0 Å². The molecule has 0 unspecified atom stereocenters. The van der Waals surface area contributed by atoms with E-state index in [0.29, 0.717) is 50.4 Å². The molecule has 2 aromatic carbocycles. The van der Waals surface area contributed by atoms with Gasteiger partial charge in [-0.05, 0) is 70.7 Å². The smallest absolute Gasteiger partial charge is 0.312 e. The summed E-state index contributed by atoms with van der Waals surface area (Å²) in [6.07, 6.45) is 4.88. The van der Waals surface area contributed by atoms with Crippen LogP contribution in [0, 0.1) is 0 Å². The lowest BCUT2D eigenvalue weighted by atomic mass is 10.0. The molecule has 4 aromatic heterocycles. The molecule has 7 rings (SSSR count). The second-order valence-electron chi connectivity index (χ2n) is 21.0. The minimum Gasteiger partial charge on any atom is -0.460 e. The summed E-state index contributed by atoms with van der Waals surface area (Å²) < 4.78 is 33.7. The average molecular weight is 964 g/mol. The molecular formula is C52H73N7O7Si2. The highest BCUT2D eigenvalue weighted by atomic mass is 28.3. The Labute approximate surface area is 404 Å². The number of carbonyl (C=O) groups excluding carboxylic acids is 2. The van der Waals surface area contributed by atoms with Gasteiger partial charge in [0.05, 0.1) is 49.1 Å². The molecule has 16 heteroatoms. The molecule has 0 aliphatic carbocycles. The van der Waals surface area contributed by atoms with Crippen LogP contribution in [0.25, 0.3) is 44.8 Å². The van der Waals surface area contributed by atoms with Gasteiger partial charge in [-0.1, -0.05) is 102 Å². The Balaban J connectivity index is 0.000000234. The molecule has 14 nitrogen and oxygen atoms in total. The molecule has 6 aromatic rings. The Hall–Kier alpha value is -5.11. The Bertz CT molecular complexity index is 2690. The second-order valence-corrected chi connectivity index (χ2v) is 32.3. The molecule has 0 saturated carbocycles. The number of anilines is 1. The van der Waals surface area contributed by atoms with Gasteiger partial charge in [0.1, 0.15) is 35.9 Å². The summed E-state index contributed by atoms with van der Waals surface area (Å²) in [6, 6.07) is 18.2. The van der Waals surface area contributed by atoms with E-state index in [1.807, 2.05) is 52.0 Å². The highest BCUT2D eigenvalue weighted by molar-refractivity contribution is 6.76. The zero-order chi connectivity index (χ0) is 49.6. The van der Waals surface area contributed by atoms with Gasteiger partial charge in [0.15, 0.2) is 22.9 Å². The van der Waals surface area contributed by atoms with Crippen molar-refractivity contribution in [1.29, 1.82) is 0 Å². The van der Waals surface area contributed by atoms with E-state index in [4.69, 9.17) is 39.4 Å². The van der Waals surface area contributed by atoms with Crippen LogP contribution >= 0.6 is 0 Å². The van der Waals surface area contributed by atoms with Crippen molar-refractivity contribution in [3.05, 3.63) is 88.9 Å². The van der Waals surface area contributed by atoms with Crippen LogP contribution in [0.4, 0.5) is 5.82 Å². The summed E-state index contributed by atoms with van der Waals surface area (Å²) in [5, 5.41) is 0. The number of rotatable bonds is 18. The number of carbonyl (C=O) groups is 2. The Morgan fingerprint density at radius 1 is 0.735 bits per heavy atom. The first-order valence-electron chi connectivity index (χ1n) is 23.9. The van der Waals surface area contributed by atoms with E-state index >= 15 is 0 Å². The van der Waals surface area contributed by atoms with Crippen molar-refractivity contribution in [3.63, 3.8) is 0 Å². The number of ketones is 1. The third kappa shape index (κ3) is 13.1. The number of fused-ring (bicyclic) bond motifs is 2. The van der Waals surface area contributed by atoms with Gasteiger partial charge in [0, 0.05) is 51.6 Å². The van der Waals surface area contributed by atoms with Gasteiger partial charge in [-0.2, -0.15) is 0 Å². The fraction of sp³-hybridized carbons (Fsp3) is 0.500. The van der Waals surface area contributed by atoms with Crippen molar-refractivity contribution >= 4 is 56.0 Å². The number of ether oxygens (including phenoxy) is 5. The van der Waals surface area contributed by atoms with E-state index in [0.717, 1.165) is 93.1 Å². The quantitative estimate of drug-likeness (QED) is 0.0375. The van der Waals surface area contributed by atoms with Crippen molar-refractivity contribution in [2.75, 3.05) is 32.2 Å². The van der Waals surface area contributed by atoms with Crippen molar-refractivity contribution < 1.29 is 33.3 Å². The largest absolute Gasteiger partial charge is 0.460 e. The predicted octanol–water partition coefficient (Wildman–Crippen LogP) is 10.8. The van der Waals surface area contributed by atoms with Gasteiger partial charge in [-0.25, -0.2) is 19.9 Å². The highest BCUT2D eigenvalue weighted by Gasteiger charge is 2.33. The highest BCUT2D eigenvalue weighted by Crippen LogP contribution is 2.37. The summed E-state index contributed by atoms with van der Waals surface area (Å²) in [7, 11) is -2.39. The van der Waals surface area contributed by atoms with Crippen LogP contribution in [0.3, 0.4) is 0 Å². The number of Topliss-reactive ketones (excluding diaryl/α,β-unsaturated/α-hetero) is 1. The Kier molecular flexibility index (Phi) is 16.7. The first-order valence-corrected chi connectivity index (χ1v) is 31.3. The lowest BCUT2D eigenvalue weighted by Gasteiger charge is -2.23.